The first-order valence-corrected chi connectivity index (χ1v) is 24.2. The number of pyridine rings is 1. The lowest BCUT2D eigenvalue weighted by molar-refractivity contribution is -0.164. The van der Waals surface area contributed by atoms with Crippen molar-refractivity contribution in [2.75, 3.05) is 41.7 Å². The molecular formula is C49H52ClFN8O8S. The second-order valence-corrected chi connectivity index (χ2v) is 20.5. The molecule has 0 bridgehead atoms. The molecule has 1 aliphatic carbocycles. The Labute approximate surface area is 398 Å². The largest absolute Gasteiger partial charge is 0.489 e. The molecule has 3 aromatic heterocycles. The van der Waals surface area contributed by atoms with Crippen LogP contribution >= 0.6 is 11.6 Å². The van der Waals surface area contributed by atoms with Crippen LogP contribution in [0.25, 0.3) is 22.0 Å². The van der Waals surface area contributed by atoms with Crippen molar-refractivity contribution in [2.24, 2.45) is 17.9 Å². The van der Waals surface area contributed by atoms with Gasteiger partial charge in [0, 0.05) is 90.1 Å². The van der Waals surface area contributed by atoms with Crippen LogP contribution in [0.2, 0.25) is 5.02 Å². The fourth-order valence-electron chi connectivity index (χ4n) is 9.43. The molecule has 0 unspecified atom stereocenters. The van der Waals surface area contributed by atoms with Crippen LogP contribution in [0.5, 0.6) is 23.0 Å². The highest BCUT2D eigenvalue weighted by atomic mass is 35.5. The number of aromatic nitrogens is 4. The highest BCUT2D eigenvalue weighted by Crippen LogP contribution is 2.55. The van der Waals surface area contributed by atoms with E-state index in [9.17, 15) is 23.3 Å². The first-order valence-electron chi connectivity index (χ1n) is 22.2. The van der Waals surface area contributed by atoms with Gasteiger partial charge in [-0.1, -0.05) is 45.4 Å². The molecule has 2 aliphatic rings. The molecule has 6 aromatic rings. The number of nitrogens with one attached hydrogen (secondary N) is 3. The summed E-state index contributed by atoms with van der Waals surface area (Å²) in [4.78, 5) is 40.3. The van der Waals surface area contributed by atoms with Crippen molar-refractivity contribution >= 4 is 50.1 Å². The fourth-order valence-corrected chi connectivity index (χ4v) is 10.3. The molecular weight excluding hydrogens is 915 g/mol. The summed E-state index contributed by atoms with van der Waals surface area (Å²) in [5.41, 5.74) is 1.21. The average Bonchev–Trinajstić information content (AvgIpc) is 3.82. The van der Waals surface area contributed by atoms with E-state index in [1.165, 1.54) is 42.1 Å². The maximum absolute atomic E-state index is 16.0. The van der Waals surface area contributed by atoms with Gasteiger partial charge in [-0.25, -0.2) is 18.4 Å². The predicted molar refractivity (Wildman–Crippen MR) is 257 cm³/mol. The van der Waals surface area contributed by atoms with Gasteiger partial charge in [-0.2, -0.15) is 9.65 Å². The van der Waals surface area contributed by atoms with Gasteiger partial charge in [0.05, 0.1) is 34.6 Å². The topological polar surface area (TPSA) is 203 Å². The third-order valence-electron chi connectivity index (χ3n) is 12.7. The van der Waals surface area contributed by atoms with Crippen LogP contribution in [0.1, 0.15) is 63.4 Å². The Hall–Kier alpha value is -6.68. The molecule has 356 valence electrons. The molecule has 1 aliphatic heterocycles. The second-order valence-electron chi connectivity index (χ2n) is 18.1. The minimum absolute atomic E-state index is 0.0389. The van der Waals surface area contributed by atoms with Gasteiger partial charge in [-0.05, 0) is 68.3 Å². The van der Waals surface area contributed by atoms with E-state index in [1.54, 1.807) is 61.9 Å². The molecule has 1 saturated heterocycles. The number of H-pyrrole nitrogens is 1. The molecule has 1 amide bonds. The molecule has 68 heavy (non-hydrogen) atoms. The van der Waals surface area contributed by atoms with Gasteiger partial charge < -0.3 is 38.7 Å². The van der Waals surface area contributed by atoms with Crippen molar-refractivity contribution in [3.8, 4) is 40.2 Å². The van der Waals surface area contributed by atoms with Gasteiger partial charge >= 0.3 is 0 Å². The molecule has 8 rings (SSSR count). The summed E-state index contributed by atoms with van der Waals surface area (Å²) in [5.74, 6) is -0.0372. The zero-order valence-corrected chi connectivity index (χ0v) is 40.0. The molecule has 16 nitrogen and oxygen atoms in total. The molecule has 1 saturated carbocycles. The van der Waals surface area contributed by atoms with Crippen molar-refractivity contribution < 1.29 is 36.6 Å². The van der Waals surface area contributed by atoms with Crippen molar-refractivity contribution in [2.45, 2.75) is 65.7 Å². The van der Waals surface area contributed by atoms with Gasteiger partial charge in [-0.15, -0.1) is 0 Å². The maximum Gasteiger partial charge on any atom is 0.274 e. The quantitative estimate of drug-likeness (QED) is 0.0786. The monoisotopic (exact) mass is 966 g/mol. The number of ether oxygens (including phenoxy) is 4. The minimum atomic E-state index is -3.62. The SMILES string of the molecule is CCS(=O)(=O)Nc1ccc(Oc2cccc(OCCOC3CCN(c4ncc(C(=O)NC5C(C)(C)C(Oc6ccc(C#N)c(Cl)c6)C5(C)C)cn4)CC3)c2F)c(-c2cn(C)c(=O)c3[nH]ccc23)c1. The Morgan fingerprint density at radius 1 is 0.985 bits per heavy atom. The molecule has 3 N–H and O–H groups in total. The van der Waals surface area contributed by atoms with Crippen LogP contribution in [0, 0.1) is 28.0 Å². The van der Waals surface area contributed by atoms with E-state index in [2.05, 4.69) is 31.1 Å². The number of rotatable bonds is 16. The number of carbonyl (C=O) groups is 1. The number of nitriles is 1. The van der Waals surface area contributed by atoms with Gasteiger partial charge in [0.15, 0.2) is 11.5 Å². The Kier molecular flexibility index (Phi) is 13.5. The lowest BCUT2D eigenvalue weighted by Crippen LogP contribution is -2.74. The number of piperidine rings is 1. The normalized spacial score (nSPS) is 17.8. The van der Waals surface area contributed by atoms with Crippen LogP contribution < -0.4 is 34.7 Å². The zero-order chi connectivity index (χ0) is 48.5. The highest BCUT2D eigenvalue weighted by molar-refractivity contribution is 7.92. The molecule has 0 spiro atoms. The van der Waals surface area contributed by atoms with E-state index in [-0.39, 0.29) is 71.6 Å². The summed E-state index contributed by atoms with van der Waals surface area (Å²) in [5, 5.41) is 13.3. The van der Waals surface area contributed by atoms with Gasteiger partial charge in [0.25, 0.3) is 11.5 Å². The molecule has 19 heteroatoms. The average molecular weight is 968 g/mol. The number of carbonyl (C=O) groups excluding carboxylic acids is 1. The number of hydrogen-bond acceptors (Lipinski definition) is 12. The molecule has 2 fully saturated rings. The number of hydrogen-bond donors (Lipinski definition) is 3. The first kappa shape index (κ1) is 47.8. The predicted octanol–water partition coefficient (Wildman–Crippen LogP) is 8.22. The Morgan fingerprint density at radius 3 is 2.40 bits per heavy atom. The maximum atomic E-state index is 16.0. The number of fused-ring (bicyclic) bond motifs is 1. The zero-order valence-electron chi connectivity index (χ0n) is 38.4. The van der Waals surface area contributed by atoms with E-state index in [0.29, 0.717) is 75.8 Å². The lowest BCUT2D eigenvalue weighted by atomic mass is 9.49. The smallest absolute Gasteiger partial charge is 0.274 e. The number of sulfonamides is 1. The molecule has 0 radical (unpaired) electrons. The van der Waals surface area contributed by atoms with Crippen molar-refractivity contribution in [3.63, 3.8) is 0 Å². The summed E-state index contributed by atoms with van der Waals surface area (Å²) >= 11 is 6.24. The lowest BCUT2D eigenvalue weighted by Gasteiger charge is -2.63. The van der Waals surface area contributed by atoms with Gasteiger partial charge in [0.2, 0.25) is 21.8 Å². The number of nitrogens with zero attached hydrogens (tertiary/aromatic N) is 5. The van der Waals surface area contributed by atoms with Crippen LogP contribution in [-0.2, 0) is 21.8 Å². The summed E-state index contributed by atoms with van der Waals surface area (Å²) in [6.07, 6.45) is 7.40. The van der Waals surface area contributed by atoms with E-state index < -0.39 is 26.7 Å². The number of anilines is 2. The minimum Gasteiger partial charge on any atom is -0.489 e. The number of amides is 1. The number of aryl methyl sites for hydroxylation is 1. The summed E-state index contributed by atoms with van der Waals surface area (Å²) in [6, 6.07) is 17.8. The highest BCUT2D eigenvalue weighted by Gasteiger charge is 2.64. The number of benzene rings is 3. The molecule has 4 heterocycles. The number of halogens is 2. The van der Waals surface area contributed by atoms with E-state index in [4.69, 9.17) is 30.5 Å². The second kappa shape index (κ2) is 19.1. The molecule has 0 atom stereocenters. The van der Waals surface area contributed by atoms with Crippen molar-refractivity contribution in [1.29, 1.82) is 5.26 Å². The van der Waals surface area contributed by atoms with Gasteiger partial charge in [0.1, 0.15) is 35.8 Å². The Bertz CT molecular complexity index is 3060. The van der Waals surface area contributed by atoms with Crippen LogP contribution in [0.3, 0.4) is 0 Å². The standard InChI is InChI=1S/C49H52ClFN8O8S/c1-7-68(62,63)57-31-12-14-38(35(23-31)36-28-58(6)44(61)42-34(36)15-18-53-42)67-40-10-8-9-39(41(40)51)65-22-21-64-32-16-19-59(20-17-32)47-54-26-30(27-55-47)43(60)56-45-48(2,3)46(49(45,4)5)66-33-13-11-29(25-52)37(50)24-33/h8-15,18,23-24,26-28,32,45-46,53,57H,7,16-17,19-22H2,1-6H3,(H,56,60). The molecule has 3 aromatic carbocycles. The van der Waals surface area contributed by atoms with Crippen LogP contribution in [0.15, 0.2) is 90.2 Å². The Morgan fingerprint density at radius 2 is 1.71 bits per heavy atom. The summed E-state index contributed by atoms with van der Waals surface area (Å²) in [6.45, 7) is 11.2. The van der Waals surface area contributed by atoms with E-state index in [1.807, 2.05) is 32.6 Å². The van der Waals surface area contributed by atoms with Gasteiger partial charge in [-0.3, -0.25) is 14.3 Å². The summed E-state index contributed by atoms with van der Waals surface area (Å²) < 4.78 is 69.3. The Balaban J connectivity index is 0.829. The van der Waals surface area contributed by atoms with E-state index >= 15 is 4.39 Å². The summed E-state index contributed by atoms with van der Waals surface area (Å²) in [7, 11) is -2.02. The first-order chi connectivity index (χ1) is 32.4. The fraction of sp³-hybridized carbons (Fsp3) is 0.367. The third-order valence-corrected chi connectivity index (χ3v) is 14.3. The van der Waals surface area contributed by atoms with Crippen LogP contribution in [-0.4, -0.2) is 84.1 Å². The third kappa shape index (κ3) is 9.69. The van der Waals surface area contributed by atoms with Crippen molar-refractivity contribution in [3.05, 3.63) is 118 Å². The van der Waals surface area contributed by atoms with Crippen molar-refractivity contribution in [1.82, 2.24) is 24.8 Å². The van der Waals surface area contributed by atoms with Crippen LogP contribution in [0.4, 0.5) is 16.0 Å². The van der Waals surface area contributed by atoms with E-state index in [0.717, 1.165) is 0 Å². The number of aromatic amines is 1.